The van der Waals surface area contributed by atoms with Gasteiger partial charge in [0.15, 0.2) is 0 Å². The first-order valence-electron chi connectivity index (χ1n) is 8.46. The molecular weight excluding hydrogens is 350 g/mol. The lowest BCUT2D eigenvalue weighted by Gasteiger charge is -2.37. The molecule has 0 radical (unpaired) electrons. The molecule has 0 bridgehead atoms. The highest BCUT2D eigenvalue weighted by atomic mass is 28.3. The van der Waals surface area contributed by atoms with Gasteiger partial charge in [-0.15, -0.1) is 5.10 Å². The Bertz CT molecular complexity index is 782. The van der Waals surface area contributed by atoms with Crippen molar-refractivity contribution in [3.63, 3.8) is 0 Å². The predicted molar refractivity (Wildman–Crippen MR) is 101 cm³/mol. The zero-order chi connectivity index (χ0) is 18.7. The molecule has 1 heterocycles. The van der Waals surface area contributed by atoms with E-state index in [1.165, 1.54) is 30.6 Å². The number of hydrogen-bond donors (Lipinski definition) is 0. The molecule has 0 amide bonds. The second-order valence-corrected chi connectivity index (χ2v) is 12.9. The van der Waals surface area contributed by atoms with Crippen molar-refractivity contribution in [3.05, 3.63) is 83.9 Å². The van der Waals surface area contributed by atoms with Gasteiger partial charge < -0.3 is 0 Å². The van der Waals surface area contributed by atoms with Gasteiger partial charge in [0.2, 0.25) is 0 Å². The smallest absolute Gasteiger partial charge is 0.139 e. The molecule has 0 saturated carbocycles. The molecular formula is C19H22F2N4Si. The van der Waals surface area contributed by atoms with E-state index in [0.29, 0.717) is 0 Å². The molecule has 1 aromatic heterocycles. The summed E-state index contributed by atoms with van der Waals surface area (Å²) in [5, 5.41) is 6.42. The van der Waals surface area contributed by atoms with Crippen molar-refractivity contribution in [3.8, 4) is 0 Å². The molecule has 0 aliphatic rings. The number of nitrogens with zero attached hydrogens (tertiary/aromatic N) is 4. The lowest BCUT2D eigenvalue weighted by Crippen LogP contribution is -2.49. The van der Waals surface area contributed by atoms with Gasteiger partial charge in [-0.3, -0.25) is 5.01 Å². The van der Waals surface area contributed by atoms with Crippen molar-refractivity contribution in [2.24, 2.45) is 0 Å². The van der Waals surface area contributed by atoms with Crippen LogP contribution in [0.2, 0.25) is 19.6 Å². The fourth-order valence-electron chi connectivity index (χ4n) is 2.93. The molecule has 3 aromatic rings. The largest absolute Gasteiger partial charge is 0.286 e. The summed E-state index contributed by atoms with van der Waals surface area (Å²) in [5.41, 5.74) is 1.82. The third-order valence-electron chi connectivity index (χ3n) is 3.98. The summed E-state index contributed by atoms with van der Waals surface area (Å²) in [6.07, 6.45) is 3.94. The van der Waals surface area contributed by atoms with Crippen LogP contribution < -0.4 is 5.01 Å². The Hall–Kier alpha value is -2.54. The van der Waals surface area contributed by atoms with Crippen molar-refractivity contribution in [1.29, 1.82) is 0 Å². The minimum atomic E-state index is -1.54. The average molecular weight is 372 g/mol. The molecule has 136 valence electrons. The van der Waals surface area contributed by atoms with Crippen LogP contribution in [0, 0.1) is 11.6 Å². The number of aromatic nitrogens is 3. The first kappa shape index (κ1) is 18.3. The van der Waals surface area contributed by atoms with Crippen LogP contribution in [0.4, 0.5) is 8.78 Å². The summed E-state index contributed by atoms with van der Waals surface area (Å²) < 4.78 is 26.9. The summed E-state index contributed by atoms with van der Waals surface area (Å²) in [6.45, 7) is 6.80. The highest BCUT2D eigenvalue weighted by molar-refractivity contribution is 6.76. The van der Waals surface area contributed by atoms with E-state index in [0.717, 1.165) is 17.3 Å². The standard InChI is InChI=1S/C19H22F2N4Si/c1-26(2,3)14-24(25-13-22-12-23-25)19(15-4-8-17(20)9-5-15)16-6-10-18(21)11-7-16/h4-13,19H,14H2,1-3H3. The zero-order valence-corrected chi connectivity index (χ0v) is 16.1. The van der Waals surface area contributed by atoms with Crippen LogP contribution in [0.1, 0.15) is 17.2 Å². The maximum Gasteiger partial charge on any atom is 0.139 e. The van der Waals surface area contributed by atoms with Gasteiger partial charge in [0.1, 0.15) is 24.3 Å². The highest BCUT2D eigenvalue weighted by Gasteiger charge is 2.28. The van der Waals surface area contributed by atoms with E-state index in [1.807, 2.05) is 0 Å². The molecule has 26 heavy (non-hydrogen) atoms. The topological polar surface area (TPSA) is 34.0 Å². The molecule has 0 fully saturated rings. The van der Waals surface area contributed by atoms with Crippen LogP contribution in [-0.2, 0) is 0 Å². The third kappa shape index (κ3) is 4.35. The van der Waals surface area contributed by atoms with E-state index in [1.54, 1.807) is 35.4 Å². The second-order valence-electron chi connectivity index (χ2n) is 7.48. The van der Waals surface area contributed by atoms with Gasteiger partial charge in [-0.05, 0) is 35.4 Å². The van der Waals surface area contributed by atoms with Crippen LogP contribution in [0.3, 0.4) is 0 Å². The number of halogens is 2. The molecule has 0 aliphatic heterocycles. The molecule has 3 rings (SSSR count). The quantitative estimate of drug-likeness (QED) is 0.609. The summed E-state index contributed by atoms with van der Waals surface area (Å²) in [7, 11) is -1.54. The van der Waals surface area contributed by atoms with Crippen LogP contribution in [0.5, 0.6) is 0 Å². The van der Waals surface area contributed by atoms with Gasteiger partial charge in [0, 0.05) is 6.17 Å². The van der Waals surface area contributed by atoms with Gasteiger partial charge in [-0.1, -0.05) is 43.9 Å². The maximum atomic E-state index is 13.5. The van der Waals surface area contributed by atoms with Gasteiger partial charge in [-0.2, -0.15) is 4.79 Å². The third-order valence-corrected chi connectivity index (χ3v) is 5.25. The molecule has 0 spiro atoms. The molecule has 0 aliphatic carbocycles. The Morgan fingerprint density at radius 3 is 1.81 bits per heavy atom. The average Bonchev–Trinajstić information content (AvgIpc) is 3.11. The SMILES string of the molecule is C[Si](C)(C)CN(C(c1ccc(F)cc1)c1ccc(F)cc1)n1cncn1. The zero-order valence-electron chi connectivity index (χ0n) is 15.1. The van der Waals surface area contributed by atoms with Gasteiger partial charge in [0.25, 0.3) is 0 Å². The Morgan fingerprint density at radius 1 is 0.923 bits per heavy atom. The number of benzene rings is 2. The summed E-state index contributed by atoms with van der Waals surface area (Å²) in [6, 6.07) is 12.6. The Morgan fingerprint density at radius 2 is 1.42 bits per heavy atom. The van der Waals surface area contributed by atoms with Crippen LogP contribution in [0.25, 0.3) is 0 Å². The van der Waals surface area contributed by atoms with E-state index in [-0.39, 0.29) is 17.7 Å². The first-order valence-corrected chi connectivity index (χ1v) is 12.2. The minimum absolute atomic E-state index is 0.232. The maximum absolute atomic E-state index is 13.5. The van der Waals surface area contributed by atoms with E-state index < -0.39 is 8.07 Å². The van der Waals surface area contributed by atoms with Crippen LogP contribution >= 0.6 is 0 Å². The van der Waals surface area contributed by atoms with Crippen molar-refractivity contribution in [2.45, 2.75) is 25.7 Å². The monoisotopic (exact) mass is 372 g/mol. The molecule has 0 N–H and O–H groups in total. The van der Waals surface area contributed by atoms with Crippen molar-refractivity contribution < 1.29 is 8.78 Å². The molecule has 2 aromatic carbocycles. The Labute approximate surface area is 153 Å². The van der Waals surface area contributed by atoms with Crippen LogP contribution in [0.15, 0.2) is 61.2 Å². The molecule has 7 heteroatoms. The Balaban J connectivity index is 2.12. The van der Waals surface area contributed by atoms with E-state index in [9.17, 15) is 8.78 Å². The summed E-state index contributed by atoms with van der Waals surface area (Å²) in [4.78, 5) is 5.79. The number of hydrogen-bond acceptors (Lipinski definition) is 3. The van der Waals surface area contributed by atoms with Gasteiger partial charge >= 0.3 is 0 Å². The van der Waals surface area contributed by atoms with Crippen molar-refractivity contribution in [1.82, 2.24) is 14.9 Å². The molecule has 0 atom stereocenters. The van der Waals surface area contributed by atoms with Crippen molar-refractivity contribution >= 4 is 8.07 Å². The van der Waals surface area contributed by atoms with Crippen LogP contribution in [-0.4, -0.2) is 29.1 Å². The highest BCUT2D eigenvalue weighted by Crippen LogP contribution is 2.29. The lowest BCUT2D eigenvalue weighted by atomic mass is 9.98. The van der Waals surface area contributed by atoms with E-state index in [2.05, 4.69) is 34.7 Å². The number of rotatable bonds is 6. The fraction of sp³-hybridized carbons (Fsp3) is 0.263. The van der Waals surface area contributed by atoms with Crippen molar-refractivity contribution in [2.75, 3.05) is 11.2 Å². The molecule has 4 nitrogen and oxygen atoms in total. The summed E-state index contributed by atoms with van der Waals surface area (Å²) in [5.74, 6) is -0.576. The first-order chi connectivity index (χ1) is 12.3. The van der Waals surface area contributed by atoms with Gasteiger partial charge in [-0.25, -0.2) is 13.8 Å². The normalized spacial score (nSPS) is 11.8. The minimum Gasteiger partial charge on any atom is -0.286 e. The Kier molecular flexibility index (Phi) is 5.17. The van der Waals surface area contributed by atoms with E-state index in [4.69, 9.17) is 0 Å². The molecule has 0 saturated heterocycles. The van der Waals surface area contributed by atoms with Gasteiger partial charge in [0.05, 0.1) is 14.1 Å². The summed E-state index contributed by atoms with van der Waals surface area (Å²) >= 11 is 0. The lowest BCUT2D eigenvalue weighted by molar-refractivity contribution is 0.511. The van der Waals surface area contributed by atoms with E-state index >= 15 is 0 Å². The predicted octanol–water partition coefficient (Wildman–Crippen LogP) is 4.16. The molecule has 0 unspecified atom stereocenters. The second kappa shape index (κ2) is 7.37. The fourth-order valence-corrected chi connectivity index (χ4v) is 4.23.